The number of hydrogen-bond donors (Lipinski definition) is 0. The molecule has 0 amide bonds. The third kappa shape index (κ3) is 3.96. The normalized spacial score (nSPS) is 11.4. The van der Waals surface area contributed by atoms with Gasteiger partial charge in [0.1, 0.15) is 17.4 Å². The zero-order chi connectivity index (χ0) is 26.2. The first-order valence-electron chi connectivity index (χ1n) is 13.0. The zero-order valence-electron chi connectivity index (χ0n) is 21.5. The van der Waals surface area contributed by atoms with E-state index in [1.807, 2.05) is 36.4 Å². The molecule has 4 heterocycles. The van der Waals surface area contributed by atoms with Crippen molar-refractivity contribution >= 4 is 11.0 Å². The summed E-state index contributed by atoms with van der Waals surface area (Å²) in [5.74, 6) is 2.43. The summed E-state index contributed by atoms with van der Waals surface area (Å²) in [5, 5.41) is 0. The molecule has 0 aliphatic rings. The molecule has 0 bridgehead atoms. The second-order valence-corrected chi connectivity index (χ2v) is 9.49. The highest BCUT2D eigenvalue weighted by molar-refractivity contribution is 5.72. The van der Waals surface area contributed by atoms with Crippen molar-refractivity contribution in [1.29, 1.82) is 0 Å². The predicted molar refractivity (Wildman–Crippen MR) is 155 cm³/mol. The Balaban J connectivity index is 1.53. The maximum Gasteiger partial charge on any atom is 0.144 e. The van der Waals surface area contributed by atoms with Crippen LogP contribution in [0.1, 0.15) is 22.9 Å². The van der Waals surface area contributed by atoms with Gasteiger partial charge in [-0.3, -0.25) is 8.80 Å². The van der Waals surface area contributed by atoms with Gasteiger partial charge in [-0.1, -0.05) is 84.9 Å². The van der Waals surface area contributed by atoms with Gasteiger partial charge in [0.15, 0.2) is 0 Å². The lowest BCUT2D eigenvalue weighted by Crippen LogP contribution is -2.06. The van der Waals surface area contributed by atoms with Gasteiger partial charge in [0, 0.05) is 23.5 Å². The molecule has 0 aliphatic carbocycles. The van der Waals surface area contributed by atoms with E-state index in [-0.39, 0.29) is 5.92 Å². The van der Waals surface area contributed by atoms with Gasteiger partial charge in [0.2, 0.25) is 0 Å². The van der Waals surface area contributed by atoms with Crippen molar-refractivity contribution in [2.45, 2.75) is 5.92 Å². The molecule has 5 heteroatoms. The van der Waals surface area contributed by atoms with Gasteiger partial charge in [-0.25, -0.2) is 9.97 Å². The lowest BCUT2D eigenvalue weighted by molar-refractivity contribution is 0.414. The number of benzene rings is 3. The van der Waals surface area contributed by atoms with Crippen LogP contribution in [-0.4, -0.2) is 25.9 Å². The van der Waals surface area contributed by atoms with Crippen molar-refractivity contribution in [3.8, 4) is 28.5 Å². The molecule has 0 N–H and O–H groups in total. The number of fused-ring (bicyclic) bond motifs is 2. The van der Waals surface area contributed by atoms with Crippen LogP contribution in [0.3, 0.4) is 0 Å². The van der Waals surface area contributed by atoms with Crippen molar-refractivity contribution in [3.63, 3.8) is 0 Å². The Bertz CT molecular complexity index is 1770. The number of methoxy groups -OCH3 is 1. The monoisotopic (exact) mass is 506 g/mol. The Morgan fingerprint density at radius 3 is 1.46 bits per heavy atom. The van der Waals surface area contributed by atoms with Gasteiger partial charge < -0.3 is 4.74 Å². The average molecular weight is 507 g/mol. The van der Waals surface area contributed by atoms with Crippen LogP contribution < -0.4 is 4.74 Å². The molecule has 0 radical (unpaired) electrons. The third-order valence-corrected chi connectivity index (χ3v) is 7.21. The van der Waals surface area contributed by atoms with Gasteiger partial charge in [-0.05, 0) is 42.0 Å². The SMILES string of the molecule is COc1ccc(C(c2nc(-c3ccccc3)n3ccccc23)c2nc(-c3ccccc3)n3ccccc23)cc1. The molecule has 0 saturated carbocycles. The molecule has 0 spiro atoms. The number of pyridine rings is 2. The van der Waals surface area contributed by atoms with Crippen LogP contribution in [0.15, 0.2) is 134 Å². The first kappa shape index (κ1) is 23.0. The molecule has 5 nitrogen and oxygen atoms in total. The van der Waals surface area contributed by atoms with Crippen molar-refractivity contribution in [3.05, 3.63) is 151 Å². The van der Waals surface area contributed by atoms with Gasteiger partial charge >= 0.3 is 0 Å². The zero-order valence-corrected chi connectivity index (χ0v) is 21.5. The Morgan fingerprint density at radius 1 is 0.538 bits per heavy atom. The summed E-state index contributed by atoms with van der Waals surface area (Å²) in [7, 11) is 1.69. The van der Waals surface area contributed by atoms with Gasteiger partial charge in [-0.15, -0.1) is 0 Å². The molecule has 0 saturated heterocycles. The van der Waals surface area contributed by atoms with Crippen LogP contribution in [0.25, 0.3) is 33.8 Å². The summed E-state index contributed by atoms with van der Waals surface area (Å²) >= 11 is 0. The number of nitrogens with zero attached hydrogens (tertiary/aromatic N) is 4. The first-order chi connectivity index (χ1) is 19.3. The van der Waals surface area contributed by atoms with Crippen LogP contribution in [0.4, 0.5) is 0 Å². The van der Waals surface area contributed by atoms with Crippen molar-refractivity contribution < 1.29 is 4.74 Å². The van der Waals surface area contributed by atoms with E-state index in [0.717, 1.165) is 56.5 Å². The molecule has 0 atom stereocenters. The van der Waals surface area contributed by atoms with Crippen LogP contribution in [-0.2, 0) is 0 Å². The van der Waals surface area contributed by atoms with Crippen molar-refractivity contribution in [1.82, 2.24) is 18.8 Å². The van der Waals surface area contributed by atoms with Gasteiger partial charge in [-0.2, -0.15) is 0 Å². The minimum absolute atomic E-state index is 0.208. The quantitative estimate of drug-likeness (QED) is 0.234. The maximum absolute atomic E-state index is 5.49. The second kappa shape index (κ2) is 9.62. The standard InChI is InChI=1S/C34H26N4O/c1-39-27-20-18-24(19-21-27)30(31-28-16-8-10-22-37(28)33(35-31)25-12-4-2-5-13-25)32-29-17-9-11-23-38(29)34(36-32)26-14-6-3-7-15-26/h2-23,30H,1H3. The van der Waals surface area contributed by atoms with E-state index >= 15 is 0 Å². The summed E-state index contributed by atoms with van der Waals surface area (Å²) in [6.45, 7) is 0. The maximum atomic E-state index is 5.49. The van der Waals surface area contributed by atoms with Crippen LogP contribution in [0.2, 0.25) is 0 Å². The van der Waals surface area contributed by atoms with Crippen LogP contribution in [0, 0.1) is 0 Å². The Hall–Kier alpha value is -5.16. The lowest BCUT2D eigenvalue weighted by atomic mass is 9.91. The Labute approximate surface area is 226 Å². The van der Waals surface area contributed by atoms with Crippen molar-refractivity contribution in [2.24, 2.45) is 0 Å². The second-order valence-electron chi connectivity index (χ2n) is 9.49. The molecular weight excluding hydrogens is 480 g/mol. The van der Waals surface area contributed by atoms with Crippen LogP contribution in [0.5, 0.6) is 5.75 Å². The van der Waals surface area contributed by atoms with Gasteiger partial charge in [0.05, 0.1) is 35.4 Å². The summed E-state index contributed by atoms with van der Waals surface area (Å²) in [6, 6.07) is 41.5. The van der Waals surface area contributed by atoms with Crippen molar-refractivity contribution in [2.75, 3.05) is 7.11 Å². The smallest absolute Gasteiger partial charge is 0.144 e. The molecule has 0 aliphatic heterocycles. The van der Waals surface area contributed by atoms with E-state index in [1.165, 1.54) is 0 Å². The molecule has 4 aromatic heterocycles. The summed E-state index contributed by atoms with van der Waals surface area (Å²) < 4.78 is 9.84. The fourth-order valence-electron chi connectivity index (χ4n) is 5.37. The van der Waals surface area contributed by atoms with Crippen LogP contribution >= 0.6 is 0 Å². The molecule has 7 aromatic rings. The highest BCUT2D eigenvalue weighted by Crippen LogP contribution is 2.39. The number of aromatic nitrogens is 4. The summed E-state index contributed by atoms with van der Waals surface area (Å²) in [4.78, 5) is 10.7. The Kier molecular flexibility index (Phi) is 5.67. The number of imidazole rings is 2. The van der Waals surface area contributed by atoms with E-state index in [1.54, 1.807) is 7.11 Å². The highest BCUT2D eigenvalue weighted by Gasteiger charge is 2.29. The molecule has 39 heavy (non-hydrogen) atoms. The molecule has 7 rings (SSSR count). The number of ether oxygens (including phenoxy) is 1. The molecular formula is C34H26N4O. The van der Waals surface area contributed by atoms with E-state index in [2.05, 4.69) is 106 Å². The van der Waals surface area contributed by atoms with E-state index in [9.17, 15) is 0 Å². The molecule has 3 aromatic carbocycles. The predicted octanol–water partition coefficient (Wildman–Crippen LogP) is 7.50. The fourth-order valence-corrected chi connectivity index (χ4v) is 5.37. The lowest BCUT2D eigenvalue weighted by Gasteiger charge is -2.15. The molecule has 188 valence electrons. The topological polar surface area (TPSA) is 43.8 Å². The minimum Gasteiger partial charge on any atom is -0.497 e. The average Bonchev–Trinajstić information content (AvgIpc) is 3.58. The number of rotatable bonds is 6. The van der Waals surface area contributed by atoms with E-state index in [4.69, 9.17) is 14.7 Å². The summed E-state index contributed by atoms with van der Waals surface area (Å²) in [5.41, 5.74) is 7.26. The third-order valence-electron chi connectivity index (χ3n) is 7.21. The van der Waals surface area contributed by atoms with E-state index < -0.39 is 0 Å². The number of hydrogen-bond acceptors (Lipinski definition) is 3. The highest BCUT2D eigenvalue weighted by atomic mass is 16.5. The first-order valence-corrected chi connectivity index (χ1v) is 13.0. The van der Waals surface area contributed by atoms with E-state index in [0.29, 0.717) is 0 Å². The minimum atomic E-state index is -0.208. The summed E-state index contributed by atoms with van der Waals surface area (Å²) in [6.07, 6.45) is 4.17. The largest absolute Gasteiger partial charge is 0.497 e. The van der Waals surface area contributed by atoms with Gasteiger partial charge in [0.25, 0.3) is 0 Å². The molecule has 0 unspecified atom stereocenters. The molecule has 0 fully saturated rings. The fraction of sp³-hybridized carbons (Fsp3) is 0.0588. The Morgan fingerprint density at radius 2 is 1.00 bits per heavy atom.